The quantitative estimate of drug-likeness (QED) is 0.630. The molecule has 0 spiro atoms. The first-order chi connectivity index (χ1) is 10.3. The van der Waals surface area contributed by atoms with E-state index in [1.54, 1.807) is 0 Å². The Labute approximate surface area is 140 Å². The van der Waals surface area contributed by atoms with E-state index in [-0.39, 0.29) is 19.0 Å². The highest BCUT2D eigenvalue weighted by Crippen LogP contribution is 2.25. The predicted octanol–water partition coefficient (Wildman–Crippen LogP) is 2.86. The molecule has 1 aliphatic rings. The SMILES string of the molecule is Cl.NC1(CNS(=O)(=O)c2ccc(F)c(F)c2F)CCCCCC1. The number of hydrogen-bond acceptors (Lipinski definition) is 3. The molecule has 4 nitrogen and oxygen atoms in total. The normalized spacial score (nSPS) is 18.1. The van der Waals surface area contributed by atoms with Gasteiger partial charge in [0, 0.05) is 12.1 Å². The van der Waals surface area contributed by atoms with Gasteiger partial charge in [0.15, 0.2) is 17.5 Å². The second-order valence-corrected chi connectivity index (χ2v) is 7.51. The van der Waals surface area contributed by atoms with Crippen LogP contribution in [0.2, 0.25) is 0 Å². The van der Waals surface area contributed by atoms with Gasteiger partial charge in [-0.3, -0.25) is 0 Å². The molecular weight excluding hydrogens is 353 g/mol. The molecule has 0 amide bonds. The number of nitrogens with two attached hydrogens (primary N) is 1. The molecule has 0 heterocycles. The Balaban J connectivity index is 0.00000264. The number of rotatable bonds is 4. The van der Waals surface area contributed by atoms with Crippen LogP contribution in [0, 0.1) is 17.5 Å². The first kappa shape index (κ1) is 20.2. The lowest BCUT2D eigenvalue weighted by molar-refractivity contribution is 0.368. The molecule has 0 atom stereocenters. The van der Waals surface area contributed by atoms with Crippen molar-refractivity contribution in [2.24, 2.45) is 5.73 Å². The van der Waals surface area contributed by atoms with Crippen LogP contribution in [-0.2, 0) is 10.0 Å². The minimum Gasteiger partial charge on any atom is -0.324 e. The Bertz CT molecular complexity index is 648. The van der Waals surface area contributed by atoms with Gasteiger partial charge in [-0.25, -0.2) is 26.3 Å². The molecule has 0 aromatic heterocycles. The van der Waals surface area contributed by atoms with Crippen LogP contribution < -0.4 is 10.5 Å². The lowest BCUT2D eigenvalue weighted by Crippen LogP contribution is -2.49. The molecule has 0 saturated heterocycles. The van der Waals surface area contributed by atoms with E-state index in [0.29, 0.717) is 25.0 Å². The highest BCUT2D eigenvalue weighted by Gasteiger charge is 2.30. The van der Waals surface area contributed by atoms with Crippen LogP contribution in [-0.4, -0.2) is 20.5 Å². The smallest absolute Gasteiger partial charge is 0.243 e. The standard InChI is InChI=1S/C14H19F3N2O2S.ClH/c15-10-5-6-11(13(17)12(10)16)22(20,21)19-9-14(18)7-3-1-2-4-8-14;/h5-6,19H,1-4,7-9,18H2;1H. The fourth-order valence-electron chi connectivity index (χ4n) is 2.64. The van der Waals surface area contributed by atoms with E-state index in [1.165, 1.54) is 0 Å². The highest BCUT2D eigenvalue weighted by molar-refractivity contribution is 7.89. The van der Waals surface area contributed by atoms with E-state index in [9.17, 15) is 21.6 Å². The first-order valence-electron chi connectivity index (χ1n) is 7.17. The fourth-order valence-corrected chi connectivity index (χ4v) is 3.85. The Morgan fingerprint density at radius 1 is 1.04 bits per heavy atom. The zero-order valence-corrected chi connectivity index (χ0v) is 14.1. The van der Waals surface area contributed by atoms with Gasteiger partial charge in [0.1, 0.15) is 4.90 Å². The summed E-state index contributed by atoms with van der Waals surface area (Å²) >= 11 is 0. The fraction of sp³-hybridized carbons (Fsp3) is 0.571. The number of nitrogens with one attached hydrogen (secondary N) is 1. The van der Waals surface area contributed by atoms with Crippen LogP contribution in [0.15, 0.2) is 17.0 Å². The largest absolute Gasteiger partial charge is 0.324 e. The summed E-state index contributed by atoms with van der Waals surface area (Å²) in [5.41, 5.74) is 5.49. The minimum absolute atomic E-state index is 0. The van der Waals surface area contributed by atoms with E-state index >= 15 is 0 Å². The van der Waals surface area contributed by atoms with E-state index in [2.05, 4.69) is 4.72 Å². The van der Waals surface area contributed by atoms with Crippen molar-refractivity contribution in [1.29, 1.82) is 0 Å². The zero-order chi connectivity index (χ0) is 16.4. The molecule has 1 aliphatic carbocycles. The van der Waals surface area contributed by atoms with Gasteiger partial charge in [-0.15, -0.1) is 12.4 Å². The van der Waals surface area contributed by atoms with Crippen molar-refractivity contribution in [2.45, 2.75) is 49.0 Å². The van der Waals surface area contributed by atoms with Crippen molar-refractivity contribution in [3.05, 3.63) is 29.6 Å². The van der Waals surface area contributed by atoms with Gasteiger partial charge in [-0.2, -0.15) is 0 Å². The molecule has 0 unspecified atom stereocenters. The van der Waals surface area contributed by atoms with Crippen molar-refractivity contribution in [3.63, 3.8) is 0 Å². The van der Waals surface area contributed by atoms with Crippen molar-refractivity contribution in [2.75, 3.05) is 6.54 Å². The van der Waals surface area contributed by atoms with Crippen LogP contribution in [0.25, 0.3) is 0 Å². The summed E-state index contributed by atoms with van der Waals surface area (Å²) in [6, 6.07) is 1.28. The molecule has 1 aromatic carbocycles. The number of hydrogen-bond donors (Lipinski definition) is 2. The van der Waals surface area contributed by atoms with Gasteiger partial charge in [-0.1, -0.05) is 25.7 Å². The molecule has 3 N–H and O–H groups in total. The molecule has 1 fully saturated rings. The summed E-state index contributed by atoms with van der Waals surface area (Å²) in [6.07, 6.45) is 5.22. The predicted molar refractivity (Wildman–Crippen MR) is 83.4 cm³/mol. The van der Waals surface area contributed by atoms with Gasteiger partial charge in [-0.05, 0) is 25.0 Å². The second kappa shape index (κ2) is 7.83. The maximum Gasteiger partial charge on any atom is 0.243 e. The average Bonchev–Trinajstić information content (AvgIpc) is 2.68. The summed E-state index contributed by atoms with van der Waals surface area (Å²) < 4.78 is 66.1. The van der Waals surface area contributed by atoms with Gasteiger partial charge < -0.3 is 5.73 Å². The number of benzene rings is 1. The molecule has 9 heteroatoms. The molecule has 23 heavy (non-hydrogen) atoms. The van der Waals surface area contributed by atoms with Crippen LogP contribution >= 0.6 is 12.4 Å². The van der Waals surface area contributed by atoms with Crippen molar-refractivity contribution in [3.8, 4) is 0 Å². The molecule has 1 saturated carbocycles. The van der Waals surface area contributed by atoms with E-state index in [1.807, 2.05) is 0 Å². The Hall–Kier alpha value is -0.830. The molecule has 2 rings (SSSR count). The van der Waals surface area contributed by atoms with Crippen LogP contribution in [0.5, 0.6) is 0 Å². The molecule has 0 radical (unpaired) electrons. The topological polar surface area (TPSA) is 72.2 Å². The summed E-state index contributed by atoms with van der Waals surface area (Å²) in [4.78, 5) is -0.913. The minimum atomic E-state index is -4.29. The molecule has 0 aliphatic heterocycles. The van der Waals surface area contributed by atoms with E-state index < -0.39 is 37.9 Å². The molecule has 1 aromatic rings. The number of halogens is 4. The maximum absolute atomic E-state index is 13.6. The Morgan fingerprint density at radius 2 is 1.61 bits per heavy atom. The third-order valence-electron chi connectivity index (χ3n) is 4.00. The van der Waals surface area contributed by atoms with Gasteiger partial charge in [0.2, 0.25) is 10.0 Å². The average molecular weight is 373 g/mol. The van der Waals surface area contributed by atoms with Crippen molar-refractivity contribution in [1.82, 2.24) is 4.72 Å². The van der Waals surface area contributed by atoms with Gasteiger partial charge in [0.05, 0.1) is 0 Å². The Morgan fingerprint density at radius 3 is 2.17 bits per heavy atom. The van der Waals surface area contributed by atoms with Crippen LogP contribution in [0.1, 0.15) is 38.5 Å². The van der Waals surface area contributed by atoms with E-state index in [4.69, 9.17) is 5.73 Å². The maximum atomic E-state index is 13.6. The molecule has 132 valence electrons. The van der Waals surface area contributed by atoms with Gasteiger partial charge >= 0.3 is 0 Å². The summed E-state index contributed by atoms with van der Waals surface area (Å²) in [5, 5.41) is 0. The lowest BCUT2D eigenvalue weighted by Gasteiger charge is -2.28. The summed E-state index contributed by atoms with van der Waals surface area (Å²) in [6.45, 7) is -0.0617. The van der Waals surface area contributed by atoms with Gasteiger partial charge in [0.25, 0.3) is 0 Å². The van der Waals surface area contributed by atoms with E-state index in [0.717, 1.165) is 25.7 Å². The molecular formula is C14H20ClF3N2O2S. The number of sulfonamides is 1. The van der Waals surface area contributed by atoms with Crippen LogP contribution in [0.3, 0.4) is 0 Å². The lowest BCUT2D eigenvalue weighted by atomic mass is 9.92. The highest BCUT2D eigenvalue weighted by atomic mass is 35.5. The monoisotopic (exact) mass is 372 g/mol. The summed E-state index contributed by atoms with van der Waals surface area (Å²) in [7, 11) is -4.29. The second-order valence-electron chi connectivity index (χ2n) is 5.77. The summed E-state index contributed by atoms with van der Waals surface area (Å²) in [5.74, 6) is -4.96. The van der Waals surface area contributed by atoms with Crippen molar-refractivity contribution >= 4 is 22.4 Å². The Kier molecular flexibility index (Phi) is 6.88. The molecule has 0 bridgehead atoms. The zero-order valence-electron chi connectivity index (χ0n) is 12.4. The third kappa shape index (κ3) is 4.82. The first-order valence-corrected chi connectivity index (χ1v) is 8.66. The van der Waals surface area contributed by atoms with Crippen molar-refractivity contribution < 1.29 is 21.6 Å². The van der Waals surface area contributed by atoms with Crippen LogP contribution in [0.4, 0.5) is 13.2 Å². The third-order valence-corrected chi connectivity index (χ3v) is 5.42.